The molecule has 0 aliphatic carbocycles. The number of thiazole rings is 1. The van der Waals surface area contributed by atoms with E-state index in [1.54, 1.807) is 48.7 Å². The van der Waals surface area contributed by atoms with Crippen LogP contribution in [0.3, 0.4) is 0 Å². The summed E-state index contributed by atoms with van der Waals surface area (Å²) in [4.78, 5) is 17.6. The first-order valence-electron chi connectivity index (χ1n) is 8.17. The highest BCUT2D eigenvalue weighted by atomic mass is 35.5. The molecule has 1 heterocycles. The van der Waals surface area contributed by atoms with E-state index in [1.165, 1.54) is 11.3 Å². The third-order valence-electron chi connectivity index (χ3n) is 3.80. The number of nitrogens with one attached hydrogen (secondary N) is 1. The Morgan fingerprint density at radius 3 is 2.50 bits per heavy atom. The molecule has 0 bridgehead atoms. The van der Waals surface area contributed by atoms with Crippen molar-refractivity contribution in [2.24, 2.45) is 0 Å². The smallest absolute Gasteiger partial charge is 0.257 e. The summed E-state index contributed by atoms with van der Waals surface area (Å²) in [5, 5.41) is 4.33. The lowest BCUT2D eigenvalue weighted by Crippen LogP contribution is -2.12. The van der Waals surface area contributed by atoms with Crippen LogP contribution in [0.15, 0.2) is 48.7 Å². The maximum absolute atomic E-state index is 12.5. The van der Waals surface area contributed by atoms with Crippen molar-refractivity contribution in [1.82, 2.24) is 4.98 Å². The highest BCUT2D eigenvalue weighted by Gasteiger charge is 2.13. The van der Waals surface area contributed by atoms with Crippen LogP contribution in [0.25, 0.3) is 0 Å². The van der Waals surface area contributed by atoms with E-state index >= 15 is 0 Å². The summed E-state index contributed by atoms with van der Waals surface area (Å²) < 4.78 is 22.9. The molecule has 9 heteroatoms. The van der Waals surface area contributed by atoms with Gasteiger partial charge in [0, 0.05) is 39.4 Å². The monoisotopic (exact) mass is 454 g/mol. The van der Waals surface area contributed by atoms with Crippen molar-refractivity contribution in [3.63, 3.8) is 0 Å². The molecule has 0 atom stereocenters. The fourth-order valence-electron chi connectivity index (χ4n) is 2.60. The van der Waals surface area contributed by atoms with Crippen LogP contribution >= 0.6 is 34.5 Å². The molecule has 0 saturated heterocycles. The fourth-order valence-corrected chi connectivity index (χ4v) is 4.73. The third-order valence-corrected chi connectivity index (χ3v) is 6.28. The lowest BCUT2D eigenvalue weighted by atomic mass is 10.1. The Labute approximate surface area is 177 Å². The molecule has 1 N–H and O–H groups in total. The van der Waals surface area contributed by atoms with Gasteiger partial charge in [-0.1, -0.05) is 41.4 Å². The largest absolute Gasteiger partial charge is 0.298 e. The summed E-state index contributed by atoms with van der Waals surface area (Å²) >= 11 is 13.7. The van der Waals surface area contributed by atoms with E-state index in [2.05, 4.69) is 10.3 Å². The van der Waals surface area contributed by atoms with Crippen molar-refractivity contribution in [3.8, 4) is 0 Å². The highest BCUT2D eigenvalue weighted by molar-refractivity contribution is 7.89. The van der Waals surface area contributed by atoms with Crippen LogP contribution in [0.1, 0.15) is 26.4 Å². The second-order valence-electron chi connectivity index (χ2n) is 6.23. The van der Waals surface area contributed by atoms with Gasteiger partial charge in [-0.05, 0) is 35.4 Å². The van der Waals surface area contributed by atoms with Crippen molar-refractivity contribution in [2.45, 2.75) is 12.2 Å². The molecule has 1 amide bonds. The molecule has 2 aromatic carbocycles. The zero-order valence-corrected chi connectivity index (χ0v) is 17.9. The minimum atomic E-state index is -3.18. The zero-order chi connectivity index (χ0) is 20.3. The summed E-state index contributed by atoms with van der Waals surface area (Å²) in [5.74, 6) is -0.472. The normalized spacial score (nSPS) is 11.4. The quantitative estimate of drug-likeness (QED) is 0.577. The van der Waals surface area contributed by atoms with E-state index < -0.39 is 9.84 Å². The van der Waals surface area contributed by atoms with E-state index in [4.69, 9.17) is 23.2 Å². The Bertz CT molecular complexity index is 1110. The molecule has 0 saturated carbocycles. The number of amides is 1. The van der Waals surface area contributed by atoms with Gasteiger partial charge < -0.3 is 0 Å². The van der Waals surface area contributed by atoms with Crippen molar-refractivity contribution >= 4 is 55.4 Å². The third kappa shape index (κ3) is 5.54. The number of halogens is 2. The van der Waals surface area contributed by atoms with Gasteiger partial charge in [0.2, 0.25) is 0 Å². The number of carbonyl (C=O) groups is 1. The van der Waals surface area contributed by atoms with Gasteiger partial charge in [0.05, 0.1) is 5.75 Å². The van der Waals surface area contributed by atoms with Crippen LogP contribution in [0.5, 0.6) is 0 Å². The summed E-state index contributed by atoms with van der Waals surface area (Å²) in [6.45, 7) is 0. The van der Waals surface area contributed by atoms with E-state index in [1.807, 2.05) is 0 Å². The number of aromatic nitrogens is 1. The molecular weight excluding hydrogens is 439 g/mol. The summed E-state index contributed by atoms with van der Waals surface area (Å²) in [6, 6.07) is 11.8. The van der Waals surface area contributed by atoms with Crippen molar-refractivity contribution in [1.29, 1.82) is 0 Å². The number of hydrogen-bond donors (Lipinski definition) is 1. The molecule has 28 heavy (non-hydrogen) atoms. The Morgan fingerprint density at radius 2 is 1.82 bits per heavy atom. The molecule has 0 spiro atoms. The van der Waals surface area contributed by atoms with Crippen molar-refractivity contribution < 1.29 is 13.2 Å². The molecule has 0 aliphatic rings. The Morgan fingerprint density at radius 1 is 1.14 bits per heavy atom. The molecule has 3 rings (SSSR count). The number of nitrogens with zero attached hydrogens (tertiary/aromatic N) is 1. The average Bonchev–Trinajstić information content (AvgIpc) is 3.04. The standard InChI is InChI=1S/C19H16Cl2N2O3S2/c1-28(25,26)11-12-4-2-5-13(8-12)18(24)23-19-22-10-14(27-19)9-15-16(20)6-3-7-17(15)21/h2-8,10H,9,11H2,1H3,(H,22,23,24). The van der Waals surface area contributed by atoms with E-state index in [0.717, 1.165) is 16.7 Å². The van der Waals surface area contributed by atoms with Gasteiger partial charge in [-0.2, -0.15) is 0 Å². The lowest BCUT2D eigenvalue weighted by molar-refractivity contribution is 0.102. The predicted molar refractivity (Wildman–Crippen MR) is 114 cm³/mol. The van der Waals surface area contributed by atoms with Gasteiger partial charge in [-0.25, -0.2) is 13.4 Å². The number of carbonyl (C=O) groups excluding carboxylic acids is 1. The van der Waals surface area contributed by atoms with Crippen molar-refractivity contribution in [2.75, 3.05) is 11.6 Å². The minimum absolute atomic E-state index is 0.117. The molecule has 146 valence electrons. The Balaban J connectivity index is 1.71. The number of benzene rings is 2. The number of rotatable bonds is 6. The number of sulfone groups is 1. The molecule has 0 aliphatic heterocycles. The van der Waals surface area contributed by atoms with Crippen LogP contribution in [0.4, 0.5) is 5.13 Å². The van der Waals surface area contributed by atoms with Gasteiger partial charge in [0.25, 0.3) is 5.91 Å². The maximum Gasteiger partial charge on any atom is 0.257 e. The average molecular weight is 455 g/mol. The summed E-state index contributed by atoms with van der Waals surface area (Å²) in [5.41, 5.74) is 1.73. The molecule has 5 nitrogen and oxygen atoms in total. The zero-order valence-electron chi connectivity index (χ0n) is 14.8. The van der Waals surface area contributed by atoms with Gasteiger partial charge in [0.1, 0.15) is 0 Å². The van der Waals surface area contributed by atoms with E-state index in [0.29, 0.717) is 32.7 Å². The summed E-state index contributed by atoms with van der Waals surface area (Å²) in [6.07, 6.45) is 3.33. The van der Waals surface area contributed by atoms with Crippen LogP contribution in [0.2, 0.25) is 10.0 Å². The molecule has 3 aromatic rings. The van der Waals surface area contributed by atoms with Crippen LogP contribution < -0.4 is 5.32 Å². The van der Waals surface area contributed by atoms with E-state index in [9.17, 15) is 13.2 Å². The highest BCUT2D eigenvalue weighted by Crippen LogP contribution is 2.29. The van der Waals surface area contributed by atoms with Gasteiger partial charge in [-0.15, -0.1) is 11.3 Å². The summed E-state index contributed by atoms with van der Waals surface area (Å²) in [7, 11) is -3.18. The number of hydrogen-bond acceptors (Lipinski definition) is 5. The number of anilines is 1. The Hall–Kier alpha value is -1.93. The first-order valence-corrected chi connectivity index (χ1v) is 11.8. The minimum Gasteiger partial charge on any atom is -0.298 e. The predicted octanol–water partition coefficient (Wildman–Crippen LogP) is 4.84. The van der Waals surface area contributed by atoms with Crippen LogP contribution in [0, 0.1) is 0 Å². The molecular formula is C19H16Cl2N2O3S2. The van der Waals surface area contributed by atoms with E-state index in [-0.39, 0.29) is 11.7 Å². The maximum atomic E-state index is 12.5. The van der Waals surface area contributed by atoms with Gasteiger partial charge >= 0.3 is 0 Å². The van der Waals surface area contributed by atoms with Crippen LogP contribution in [-0.4, -0.2) is 25.6 Å². The molecule has 0 fully saturated rings. The SMILES string of the molecule is CS(=O)(=O)Cc1cccc(C(=O)Nc2ncc(Cc3c(Cl)cccc3Cl)s2)c1. The Kier molecular flexibility index (Phi) is 6.40. The van der Waals surface area contributed by atoms with Gasteiger partial charge in [-0.3, -0.25) is 10.1 Å². The second kappa shape index (κ2) is 8.61. The first-order chi connectivity index (χ1) is 13.2. The molecule has 0 radical (unpaired) electrons. The van der Waals surface area contributed by atoms with Crippen LogP contribution in [-0.2, 0) is 22.0 Å². The van der Waals surface area contributed by atoms with Crippen molar-refractivity contribution in [3.05, 3.63) is 80.3 Å². The van der Waals surface area contributed by atoms with Gasteiger partial charge in [0.15, 0.2) is 15.0 Å². The second-order valence-corrected chi connectivity index (χ2v) is 10.3. The lowest BCUT2D eigenvalue weighted by Gasteiger charge is -2.05. The molecule has 1 aromatic heterocycles. The first kappa shape index (κ1) is 20.8. The topological polar surface area (TPSA) is 76.1 Å². The molecule has 0 unspecified atom stereocenters. The fraction of sp³-hybridized carbons (Fsp3) is 0.158.